The molecule has 2 rings (SSSR count). The number of nitro groups is 1. The van der Waals surface area contributed by atoms with Crippen molar-refractivity contribution in [2.45, 2.75) is 19.4 Å². The number of pyridine rings is 1. The van der Waals surface area contributed by atoms with Crippen LogP contribution in [0.25, 0.3) is 0 Å². The van der Waals surface area contributed by atoms with E-state index in [1.165, 1.54) is 12.3 Å². The maximum atomic E-state index is 10.4. The van der Waals surface area contributed by atoms with Crippen molar-refractivity contribution in [1.82, 2.24) is 4.98 Å². The highest BCUT2D eigenvalue weighted by atomic mass is 16.6. The van der Waals surface area contributed by atoms with Crippen LogP contribution in [0.5, 0.6) is 0 Å². The highest BCUT2D eigenvalue weighted by Gasteiger charge is 2.37. The molecule has 0 atom stereocenters. The van der Waals surface area contributed by atoms with Crippen molar-refractivity contribution in [1.29, 1.82) is 0 Å². The molecule has 1 aromatic rings. The average molecular weight is 237 g/mol. The third-order valence-corrected chi connectivity index (χ3v) is 3.17. The van der Waals surface area contributed by atoms with Gasteiger partial charge in [0.1, 0.15) is 0 Å². The molecule has 0 saturated carbocycles. The van der Waals surface area contributed by atoms with Crippen LogP contribution < -0.4 is 4.90 Å². The van der Waals surface area contributed by atoms with Crippen molar-refractivity contribution < 1.29 is 10.0 Å². The van der Waals surface area contributed by atoms with E-state index >= 15 is 0 Å². The molecule has 0 aliphatic carbocycles. The summed E-state index contributed by atoms with van der Waals surface area (Å²) in [4.78, 5) is 15.7. The van der Waals surface area contributed by atoms with E-state index in [1.807, 2.05) is 4.90 Å². The standard InChI is InChI=1S/C11H15N3O3/c1-11(2,15)8-6-13(7-8)9-3-4-10(12-5-9)14(16)17/h3-5,8,15H,6-7H2,1-2H3. The Balaban J connectivity index is 2.00. The lowest BCUT2D eigenvalue weighted by Crippen LogP contribution is -2.55. The average Bonchev–Trinajstić information content (AvgIpc) is 2.13. The molecule has 1 fully saturated rings. The van der Waals surface area contributed by atoms with E-state index in [9.17, 15) is 15.2 Å². The number of rotatable bonds is 3. The van der Waals surface area contributed by atoms with Gasteiger partial charge in [-0.15, -0.1) is 0 Å². The molecular formula is C11H15N3O3. The molecular weight excluding hydrogens is 222 g/mol. The summed E-state index contributed by atoms with van der Waals surface area (Å²) in [5, 5.41) is 20.2. The molecule has 0 amide bonds. The van der Waals surface area contributed by atoms with Crippen molar-refractivity contribution in [2.75, 3.05) is 18.0 Å². The monoisotopic (exact) mass is 237 g/mol. The molecule has 0 aromatic carbocycles. The minimum absolute atomic E-state index is 0.145. The van der Waals surface area contributed by atoms with Crippen molar-refractivity contribution in [3.8, 4) is 0 Å². The van der Waals surface area contributed by atoms with Crippen LogP contribution in [0.4, 0.5) is 11.5 Å². The number of hydrogen-bond acceptors (Lipinski definition) is 5. The van der Waals surface area contributed by atoms with Gasteiger partial charge in [0.2, 0.25) is 0 Å². The van der Waals surface area contributed by atoms with Crippen LogP contribution in [0.3, 0.4) is 0 Å². The molecule has 1 aromatic heterocycles. The SMILES string of the molecule is CC(C)(O)C1CN(c2ccc([N+](=O)[O-])nc2)C1. The minimum Gasteiger partial charge on any atom is -0.390 e. The molecule has 92 valence electrons. The highest BCUT2D eigenvalue weighted by molar-refractivity contribution is 5.49. The van der Waals surface area contributed by atoms with E-state index < -0.39 is 10.5 Å². The lowest BCUT2D eigenvalue weighted by molar-refractivity contribution is -0.389. The molecule has 6 heteroatoms. The predicted molar refractivity (Wildman–Crippen MR) is 62.9 cm³/mol. The topological polar surface area (TPSA) is 79.5 Å². The van der Waals surface area contributed by atoms with E-state index in [-0.39, 0.29) is 11.7 Å². The van der Waals surface area contributed by atoms with Crippen LogP contribution >= 0.6 is 0 Å². The summed E-state index contributed by atoms with van der Waals surface area (Å²) in [5.41, 5.74) is 0.182. The van der Waals surface area contributed by atoms with E-state index in [0.717, 1.165) is 18.8 Å². The molecule has 1 saturated heterocycles. The van der Waals surface area contributed by atoms with Gasteiger partial charge in [0, 0.05) is 25.1 Å². The fourth-order valence-electron chi connectivity index (χ4n) is 1.81. The van der Waals surface area contributed by atoms with Gasteiger partial charge < -0.3 is 20.1 Å². The molecule has 6 nitrogen and oxygen atoms in total. The van der Waals surface area contributed by atoms with E-state index in [2.05, 4.69) is 4.98 Å². The van der Waals surface area contributed by atoms with Crippen molar-refractivity contribution in [3.05, 3.63) is 28.4 Å². The Kier molecular flexibility index (Phi) is 2.74. The Morgan fingerprint density at radius 3 is 2.59 bits per heavy atom. The van der Waals surface area contributed by atoms with Gasteiger partial charge in [0.15, 0.2) is 6.20 Å². The fraction of sp³-hybridized carbons (Fsp3) is 0.545. The molecule has 17 heavy (non-hydrogen) atoms. The Morgan fingerprint density at radius 1 is 1.53 bits per heavy atom. The van der Waals surface area contributed by atoms with Gasteiger partial charge in [-0.05, 0) is 29.8 Å². The zero-order valence-corrected chi connectivity index (χ0v) is 9.83. The summed E-state index contributed by atoms with van der Waals surface area (Å²) in [7, 11) is 0. The summed E-state index contributed by atoms with van der Waals surface area (Å²) in [6.45, 7) is 5.10. The lowest BCUT2D eigenvalue weighted by Gasteiger charge is -2.46. The minimum atomic E-state index is -0.676. The molecule has 1 aliphatic rings. The van der Waals surface area contributed by atoms with Gasteiger partial charge >= 0.3 is 5.82 Å². The van der Waals surface area contributed by atoms with Crippen LogP contribution in [0, 0.1) is 16.0 Å². The number of anilines is 1. The first-order valence-electron chi connectivity index (χ1n) is 5.45. The van der Waals surface area contributed by atoms with Crippen LogP contribution in [0.1, 0.15) is 13.8 Å². The Morgan fingerprint density at radius 2 is 2.18 bits per heavy atom. The first-order chi connectivity index (χ1) is 7.88. The first-order valence-corrected chi connectivity index (χ1v) is 5.45. The van der Waals surface area contributed by atoms with Crippen LogP contribution in [-0.2, 0) is 0 Å². The molecule has 0 unspecified atom stereocenters. The first kappa shape index (κ1) is 11.8. The lowest BCUT2D eigenvalue weighted by atomic mass is 9.84. The van der Waals surface area contributed by atoms with Gasteiger partial charge in [-0.1, -0.05) is 0 Å². The Labute approximate surface area is 99.0 Å². The van der Waals surface area contributed by atoms with Gasteiger partial charge in [-0.2, -0.15) is 0 Å². The summed E-state index contributed by atoms with van der Waals surface area (Å²) in [5.74, 6) is 0.0889. The number of hydrogen-bond donors (Lipinski definition) is 1. The maximum Gasteiger partial charge on any atom is 0.363 e. The van der Waals surface area contributed by atoms with E-state index in [4.69, 9.17) is 0 Å². The molecule has 1 aliphatic heterocycles. The molecule has 1 N–H and O–H groups in total. The third-order valence-electron chi connectivity index (χ3n) is 3.17. The second kappa shape index (κ2) is 3.96. The zero-order chi connectivity index (χ0) is 12.6. The Bertz CT molecular complexity index is 419. The number of nitrogens with zero attached hydrogens (tertiary/aromatic N) is 3. The Hall–Kier alpha value is -1.69. The smallest absolute Gasteiger partial charge is 0.363 e. The second-order valence-corrected chi connectivity index (χ2v) is 4.89. The maximum absolute atomic E-state index is 10.4. The van der Waals surface area contributed by atoms with Crippen molar-refractivity contribution >= 4 is 11.5 Å². The van der Waals surface area contributed by atoms with Crippen molar-refractivity contribution in [2.24, 2.45) is 5.92 Å². The fourth-order valence-corrected chi connectivity index (χ4v) is 1.81. The molecule has 0 radical (unpaired) electrons. The second-order valence-electron chi connectivity index (χ2n) is 4.89. The summed E-state index contributed by atoms with van der Waals surface area (Å²) in [6, 6.07) is 3.08. The number of aliphatic hydroxyl groups is 1. The van der Waals surface area contributed by atoms with Crippen LogP contribution in [-0.4, -0.2) is 33.7 Å². The van der Waals surface area contributed by atoms with Gasteiger partial charge in [-0.25, -0.2) is 0 Å². The third kappa shape index (κ3) is 2.36. The number of aromatic nitrogens is 1. The van der Waals surface area contributed by atoms with E-state index in [0.29, 0.717) is 0 Å². The van der Waals surface area contributed by atoms with Crippen molar-refractivity contribution in [3.63, 3.8) is 0 Å². The normalized spacial score (nSPS) is 16.8. The summed E-state index contributed by atoms with van der Waals surface area (Å²) < 4.78 is 0. The summed E-state index contributed by atoms with van der Waals surface area (Å²) in [6.07, 6.45) is 1.50. The largest absolute Gasteiger partial charge is 0.390 e. The van der Waals surface area contributed by atoms with Gasteiger partial charge in [0.05, 0.1) is 11.3 Å². The molecule has 2 heterocycles. The zero-order valence-electron chi connectivity index (χ0n) is 9.83. The summed E-state index contributed by atoms with van der Waals surface area (Å²) >= 11 is 0. The van der Waals surface area contributed by atoms with E-state index in [1.54, 1.807) is 19.9 Å². The molecule has 0 bridgehead atoms. The molecule has 0 spiro atoms. The quantitative estimate of drug-likeness (QED) is 0.631. The van der Waals surface area contributed by atoms with Crippen LogP contribution in [0.15, 0.2) is 18.3 Å². The van der Waals surface area contributed by atoms with Gasteiger partial charge in [-0.3, -0.25) is 0 Å². The predicted octanol–water partition coefficient (Wildman–Crippen LogP) is 1.20. The van der Waals surface area contributed by atoms with Gasteiger partial charge in [0.25, 0.3) is 0 Å². The highest BCUT2D eigenvalue weighted by Crippen LogP contribution is 2.31. The van der Waals surface area contributed by atoms with Crippen LogP contribution in [0.2, 0.25) is 0 Å².